The van der Waals surface area contributed by atoms with Crippen LogP contribution in [0.2, 0.25) is 0 Å². The Morgan fingerprint density at radius 1 is 0.935 bits per heavy atom. The maximum absolute atomic E-state index is 12.9. The van der Waals surface area contributed by atoms with Gasteiger partial charge in [-0.05, 0) is 68.3 Å². The first-order valence-corrected chi connectivity index (χ1v) is 11.3. The van der Waals surface area contributed by atoms with Gasteiger partial charge in [-0.25, -0.2) is 8.42 Å². The molecular formula is C24H26N2O4S. The van der Waals surface area contributed by atoms with E-state index in [2.05, 4.69) is 10.0 Å². The quantitative estimate of drug-likeness (QED) is 0.564. The van der Waals surface area contributed by atoms with E-state index >= 15 is 0 Å². The minimum Gasteiger partial charge on any atom is -0.497 e. The third-order valence-corrected chi connectivity index (χ3v) is 6.50. The Morgan fingerprint density at radius 3 is 2.19 bits per heavy atom. The van der Waals surface area contributed by atoms with Crippen molar-refractivity contribution >= 4 is 21.6 Å². The third kappa shape index (κ3) is 5.24. The molecule has 0 unspecified atom stereocenters. The van der Waals surface area contributed by atoms with E-state index in [1.54, 1.807) is 56.5 Å². The fourth-order valence-corrected chi connectivity index (χ4v) is 4.29. The molecule has 162 valence electrons. The second-order valence-corrected chi connectivity index (χ2v) is 9.05. The number of rotatable bonds is 7. The monoisotopic (exact) mass is 438 g/mol. The molecule has 1 atom stereocenters. The van der Waals surface area contributed by atoms with Crippen LogP contribution in [-0.4, -0.2) is 21.4 Å². The molecule has 0 spiro atoms. The van der Waals surface area contributed by atoms with Crippen molar-refractivity contribution in [2.45, 2.75) is 31.7 Å². The highest BCUT2D eigenvalue weighted by Gasteiger charge is 2.19. The van der Waals surface area contributed by atoms with Crippen molar-refractivity contribution in [2.24, 2.45) is 0 Å². The van der Waals surface area contributed by atoms with Gasteiger partial charge in [0.05, 0.1) is 23.7 Å². The first kappa shape index (κ1) is 22.4. The van der Waals surface area contributed by atoms with Crippen molar-refractivity contribution < 1.29 is 17.9 Å². The molecule has 3 aromatic rings. The lowest BCUT2D eigenvalue weighted by molar-refractivity contribution is 0.0939. The molecule has 6 nitrogen and oxygen atoms in total. The van der Waals surface area contributed by atoms with E-state index in [0.29, 0.717) is 16.8 Å². The summed E-state index contributed by atoms with van der Waals surface area (Å²) in [5.74, 6) is 0.462. The molecule has 0 aromatic heterocycles. The number of carbonyl (C=O) groups excluding carboxylic acids is 1. The number of aryl methyl sites for hydroxylation is 1. The molecule has 0 heterocycles. The van der Waals surface area contributed by atoms with Gasteiger partial charge in [0.25, 0.3) is 15.9 Å². The normalized spacial score (nSPS) is 12.1. The Hall–Kier alpha value is -3.32. The minimum absolute atomic E-state index is 0.167. The van der Waals surface area contributed by atoms with Crippen LogP contribution in [0.15, 0.2) is 71.6 Å². The number of ether oxygens (including phenoxy) is 1. The van der Waals surface area contributed by atoms with Crippen LogP contribution in [0.4, 0.5) is 5.69 Å². The molecule has 0 aliphatic heterocycles. The minimum atomic E-state index is -3.76. The van der Waals surface area contributed by atoms with E-state index in [1.807, 2.05) is 38.1 Å². The fourth-order valence-electron chi connectivity index (χ4n) is 3.16. The number of benzene rings is 3. The van der Waals surface area contributed by atoms with Crippen LogP contribution in [0.1, 0.15) is 40.0 Å². The van der Waals surface area contributed by atoms with Crippen molar-refractivity contribution in [3.05, 3.63) is 89.0 Å². The van der Waals surface area contributed by atoms with Crippen molar-refractivity contribution in [1.82, 2.24) is 5.32 Å². The van der Waals surface area contributed by atoms with Gasteiger partial charge in [-0.3, -0.25) is 9.52 Å². The smallest absolute Gasteiger partial charge is 0.261 e. The van der Waals surface area contributed by atoms with Crippen LogP contribution in [0.3, 0.4) is 0 Å². The van der Waals surface area contributed by atoms with Gasteiger partial charge in [-0.2, -0.15) is 0 Å². The van der Waals surface area contributed by atoms with Crippen molar-refractivity contribution in [2.75, 3.05) is 11.8 Å². The van der Waals surface area contributed by atoms with E-state index in [-0.39, 0.29) is 16.8 Å². The molecule has 7 heteroatoms. The van der Waals surface area contributed by atoms with Crippen LogP contribution < -0.4 is 14.8 Å². The van der Waals surface area contributed by atoms with Gasteiger partial charge in [0, 0.05) is 5.56 Å². The maximum atomic E-state index is 12.9. The Kier molecular flexibility index (Phi) is 6.65. The summed E-state index contributed by atoms with van der Waals surface area (Å²) in [6.45, 7) is 5.50. The molecular weight excluding hydrogens is 412 g/mol. The average Bonchev–Trinajstić information content (AvgIpc) is 2.75. The number of hydrogen-bond acceptors (Lipinski definition) is 4. The summed E-state index contributed by atoms with van der Waals surface area (Å²) in [5.41, 5.74) is 3.23. The number of methoxy groups -OCH3 is 1. The molecule has 0 saturated heterocycles. The summed E-state index contributed by atoms with van der Waals surface area (Å²) in [4.78, 5) is 13.1. The van der Waals surface area contributed by atoms with Gasteiger partial charge in [0.15, 0.2) is 0 Å². The highest BCUT2D eigenvalue weighted by molar-refractivity contribution is 7.92. The topological polar surface area (TPSA) is 84.5 Å². The molecule has 1 amide bonds. The van der Waals surface area contributed by atoms with E-state index in [9.17, 15) is 13.2 Å². The van der Waals surface area contributed by atoms with Crippen molar-refractivity contribution in [1.29, 1.82) is 0 Å². The Morgan fingerprint density at radius 2 is 1.58 bits per heavy atom. The standard InChI is InChI=1S/C24H26N2O4S/c1-16-8-14-21(15-9-16)31(28,29)26-23-7-5-6-22(17(23)2)24(27)25-18(3)19-10-12-20(30-4)13-11-19/h5-15,18,26H,1-4H3,(H,25,27)/t18-/m0/s1. The molecule has 31 heavy (non-hydrogen) atoms. The maximum Gasteiger partial charge on any atom is 0.261 e. The van der Waals surface area contributed by atoms with E-state index in [0.717, 1.165) is 16.9 Å². The van der Waals surface area contributed by atoms with Gasteiger partial charge >= 0.3 is 0 Å². The highest BCUT2D eigenvalue weighted by atomic mass is 32.2. The largest absolute Gasteiger partial charge is 0.497 e. The zero-order valence-corrected chi connectivity index (χ0v) is 18.8. The van der Waals surface area contributed by atoms with Gasteiger partial charge in [0.2, 0.25) is 0 Å². The van der Waals surface area contributed by atoms with E-state index < -0.39 is 10.0 Å². The Labute approximate surface area is 183 Å². The molecule has 2 N–H and O–H groups in total. The van der Waals surface area contributed by atoms with Crippen LogP contribution in [0, 0.1) is 13.8 Å². The number of nitrogens with one attached hydrogen (secondary N) is 2. The second kappa shape index (κ2) is 9.22. The van der Waals surface area contributed by atoms with Crippen LogP contribution in [0.25, 0.3) is 0 Å². The molecule has 3 aromatic carbocycles. The first-order chi connectivity index (χ1) is 14.7. The van der Waals surface area contributed by atoms with Crippen molar-refractivity contribution in [3.8, 4) is 5.75 Å². The van der Waals surface area contributed by atoms with Gasteiger partial charge < -0.3 is 10.1 Å². The predicted octanol–water partition coefficient (Wildman–Crippen LogP) is 4.60. The summed E-state index contributed by atoms with van der Waals surface area (Å²) >= 11 is 0. The molecule has 0 fully saturated rings. The Balaban J connectivity index is 1.79. The zero-order chi connectivity index (χ0) is 22.6. The lowest BCUT2D eigenvalue weighted by Crippen LogP contribution is -2.27. The number of anilines is 1. The van der Waals surface area contributed by atoms with Gasteiger partial charge in [-0.1, -0.05) is 35.9 Å². The van der Waals surface area contributed by atoms with E-state index in [4.69, 9.17) is 4.74 Å². The van der Waals surface area contributed by atoms with Crippen LogP contribution in [0.5, 0.6) is 5.75 Å². The highest BCUT2D eigenvalue weighted by Crippen LogP contribution is 2.24. The van der Waals surface area contributed by atoms with Gasteiger partial charge in [-0.15, -0.1) is 0 Å². The summed E-state index contributed by atoms with van der Waals surface area (Å²) in [6, 6.07) is 18.8. The predicted molar refractivity (Wildman–Crippen MR) is 122 cm³/mol. The average molecular weight is 439 g/mol. The molecule has 0 saturated carbocycles. The van der Waals surface area contributed by atoms with E-state index in [1.165, 1.54) is 0 Å². The van der Waals surface area contributed by atoms with Crippen LogP contribution >= 0.6 is 0 Å². The lowest BCUT2D eigenvalue weighted by Gasteiger charge is -2.17. The van der Waals surface area contributed by atoms with Crippen molar-refractivity contribution in [3.63, 3.8) is 0 Å². The first-order valence-electron chi connectivity index (χ1n) is 9.85. The van der Waals surface area contributed by atoms with Crippen LogP contribution in [-0.2, 0) is 10.0 Å². The molecule has 0 radical (unpaired) electrons. The third-order valence-electron chi connectivity index (χ3n) is 5.12. The number of hydrogen-bond donors (Lipinski definition) is 2. The summed E-state index contributed by atoms with van der Waals surface area (Å²) in [5, 5.41) is 2.96. The number of carbonyl (C=O) groups is 1. The Bertz CT molecular complexity index is 1170. The van der Waals surface area contributed by atoms with Gasteiger partial charge in [0.1, 0.15) is 5.75 Å². The number of amides is 1. The molecule has 3 rings (SSSR count). The summed E-state index contributed by atoms with van der Waals surface area (Å²) in [7, 11) is -2.16. The fraction of sp³-hybridized carbons (Fsp3) is 0.208. The zero-order valence-electron chi connectivity index (χ0n) is 18.0. The molecule has 0 aliphatic carbocycles. The summed E-state index contributed by atoms with van der Waals surface area (Å²) in [6.07, 6.45) is 0. The lowest BCUT2D eigenvalue weighted by atomic mass is 10.0. The second-order valence-electron chi connectivity index (χ2n) is 7.36. The molecule has 0 bridgehead atoms. The SMILES string of the molecule is COc1ccc([C@H](C)NC(=O)c2cccc(NS(=O)(=O)c3ccc(C)cc3)c2C)cc1. The summed E-state index contributed by atoms with van der Waals surface area (Å²) < 4.78 is 33.2. The number of sulfonamides is 1. The molecule has 0 aliphatic rings.